The predicted molar refractivity (Wildman–Crippen MR) is 94.2 cm³/mol. The van der Waals surface area contributed by atoms with E-state index >= 15 is 0 Å². The largest absolute Gasteiger partial charge is 0.319 e. The average molecular weight is 325 g/mol. The average Bonchev–Trinajstić information content (AvgIpc) is 2.63. The van der Waals surface area contributed by atoms with Crippen LogP contribution in [0.2, 0.25) is 0 Å². The van der Waals surface area contributed by atoms with Gasteiger partial charge < -0.3 is 4.57 Å². The summed E-state index contributed by atoms with van der Waals surface area (Å²) >= 11 is 0. The van der Waals surface area contributed by atoms with Crippen LogP contribution in [0.1, 0.15) is 42.5 Å². The second-order valence-corrected chi connectivity index (χ2v) is 6.47. The highest BCUT2D eigenvalue weighted by Gasteiger charge is 2.24. The van der Waals surface area contributed by atoms with Crippen LogP contribution >= 0.6 is 0 Å². The van der Waals surface area contributed by atoms with Gasteiger partial charge in [-0.1, -0.05) is 25.3 Å². The first-order valence-electron chi connectivity index (χ1n) is 8.55. The number of aryl methyl sites for hydroxylation is 1. The lowest BCUT2D eigenvalue weighted by Gasteiger charge is -2.29. The molecule has 1 saturated carbocycles. The zero-order valence-electron chi connectivity index (χ0n) is 14.0. The Balaban J connectivity index is 1.89. The van der Waals surface area contributed by atoms with Crippen molar-refractivity contribution in [1.29, 1.82) is 0 Å². The molecule has 0 unspecified atom stereocenters. The first kappa shape index (κ1) is 16.4. The van der Waals surface area contributed by atoms with Crippen molar-refractivity contribution in [3.63, 3.8) is 0 Å². The normalized spacial score (nSPS) is 15.2. The molecule has 0 radical (unpaired) electrons. The Kier molecular flexibility index (Phi) is 5.08. The summed E-state index contributed by atoms with van der Waals surface area (Å²) in [6.45, 7) is 0.658. The molecule has 1 aliphatic carbocycles. The van der Waals surface area contributed by atoms with Crippen LogP contribution in [0.25, 0.3) is 0 Å². The van der Waals surface area contributed by atoms with Gasteiger partial charge >= 0.3 is 0 Å². The quantitative estimate of drug-likeness (QED) is 0.868. The lowest BCUT2D eigenvalue weighted by molar-refractivity contribution is 0.0979. The maximum atomic E-state index is 13.0. The van der Waals surface area contributed by atoms with E-state index < -0.39 is 0 Å². The van der Waals surface area contributed by atoms with Gasteiger partial charge in [-0.05, 0) is 37.0 Å². The number of aromatic nitrogens is 2. The van der Waals surface area contributed by atoms with Gasteiger partial charge in [0.2, 0.25) is 0 Å². The molecule has 1 aliphatic rings. The van der Waals surface area contributed by atoms with E-state index in [4.69, 9.17) is 0 Å². The number of anilines is 1. The third-order valence-electron chi connectivity index (χ3n) is 4.69. The molecule has 5 heteroatoms. The topological polar surface area (TPSA) is 55.2 Å². The first-order chi connectivity index (χ1) is 11.6. The molecule has 3 rings (SSSR count). The van der Waals surface area contributed by atoms with Crippen molar-refractivity contribution in [2.24, 2.45) is 13.0 Å². The van der Waals surface area contributed by atoms with Crippen molar-refractivity contribution in [3.05, 3.63) is 58.6 Å². The van der Waals surface area contributed by atoms with Crippen LogP contribution in [0, 0.1) is 5.92 Å². The molecule has 0 saturated heterocycles. The van der Waals surface area contributed by atoms with E-state index in [-0.39, 0.29) is 11.5 Å². The molecule has 0 aromatic carbocycles. The molecule has 0 spiro atoms. The molecule has 5 nitrogen and oxygen atoms in total. The maximum absolute atomic E-state index is 13.0. The van der Waals surface area contributed by atoms with Crippen LogP contribution in [-0.2, 0) is 7.05 Å². The molecule has 1 amide bonds. The van der Waals surface area contributed by atoms with Gasteiger partial charge in [-0.15, -0.1) is 0 Å². The first-order valence-corrected chi connectivity index (χ1v) is 8.55. The van der Waals surface area contributed by atoms with Crippen molar-refractivity contribution in [2.75, 3.05) is 11.4 Å². The summed E-state index contributed by atoms with van der Waals surface area (Å²) in [5, 5.41) is 0. The van der Waals surface area contributed by atoms with Crippen molar-refractivity contribution in [1.82, 2.24) is 9.55 Å². The van der Waals surface area contributed by atoms with Crippen LogP contribution in [-0.4, -0.2) is 22.0 Å². The molecule has 2 heterocycles. The Hall–Kier alpha value is -2.43. The van der Waals surface area contributed by atoms with Crippen molar-refractivity contribution in [2.45, 2.75) is 32.1 Å². The molecule has 2 aromatic heterocycles. The second kappa shape index (κ2) is 7.43. The van der Waals surface area contributed by atoms with Crippen LogP contribution in [0.5, 0.6) is 0 Å². The standard InChI is InChI=1S/C19H23N3O2/c1-21-12-10-16(13-18(21)23)19(24)22(17-9-5-6-11-20-17)14-15-7-3-2-4-8-15/h5-6,9-13,15H,2-4,7-8,14H2,1H3. The number of nitrogens with zero attached hydrogens (tertiary/aromatic N) is 3. The van der Waals surface area contributed by atoms with E-state index in [1.54, 1.807) is 30.4 Å². The minimum atomic E-state index is -0.181. The van der Waals surface area contributed by atoms with E-state index in [1.165, 1.54) is 29.9 Å². The highest BCUT2D eigenvalue weighted by Crippen LogP contribution is 2.26. The summed E-state index contributed by atoms with van der Waals surface area (Å²) < 4.78 is 1.46. The Bertz CT molecular complexity index is 749. The number of hydrogen-bond donors (Lipinski definition) is 0. The number of carbonyl (C=O) groups is 1. The lowest BCUT2D eigenvalue weighted by Crippen LogP contribution is -2.37. The predicted octanol–water partition coefficient (Wildman–Crippen LogP) is 3.01. The molecule has 0 bridgehead atoms. The van der Waals surface area contributed by atoms with E-state index in [9.17, 15) is 9.59 Å². The van der Waals surface area contributed by atoms with Crippen molar-refractivity contribution in [3.8, 4) is 0 Å². The fourth-order valence-corrected chi connectivity index (χ4v) is 3.26. The minimum Gasteiger partial charge on any atom is -0.319 e. The van der Waals surface area contributed by atoms with Gasteiger partial charge in [0.1, 0.15) is 5.82 Å². The summed E-state index contributed by atoms with van der Waals surface area (Å²) in [7, 11) is 1.68. The zero-order chi connectivity index (χ0) is 16.9. The van der Waals surface area contributed by atoms with Crippen LogP contribution in [0.3, 0.4) is 0 Å². The van der Waals surface area contributed by atoms with E-state index in [1.807, 2.05) is 18.2 Å². The molecular weight excluding hydrogens is 302 g/mol. The summed E-state index contributed by atoms with van der Waals surface area (Å²) in [5.74, 6) is 0.988. The Morgan fingerprint density at radius 3 is 2.71 bits per heavy atom. The van der Waals surface area contributed by atoms with E-state index in [2.05, 4.69) is 4.98 Å². The van der Waals surface area contributed by atoms with Gasteiger partial charge in [-0.25, -0.2) is 4.98 Å². The SMILES string of the molecule is Cn1ccc(C(=O)N(CC2CCCCC2)c2ccccn2)cc1=O. The number of amides is 1. The third-order valence-corrected chi connectivity index (χ3v) is 4.69. The highest BCUT2D eigenvalue weighted by atomic mass is 16.2. The fourth-order valence-electron chi connectivity index (χ4n) is 3.26. The van der Waals surface area contributed by atoms with Gasteiger partial charge in [0, 0.05) is 37.6 Å². The molecule has 2 aromatic rings. The minimum absolute atomic E-state index is 0.156. The Morgan fingerprint density at radius 1 is 1.25 bits per heavy atom. The van der Waals surface area contributed by atoms with Crippen LogP contribution in [0.4, 0.5) is 5.82 Å². The monoisotopic (exact) mass is 325 g/mol. The molecule has 1 fully saturated rings. The third kappa shape index (κ3) is 3.72. The second-order valence-electron chi connectivity index (χ2n) is 6.47. The number of pyridine rings is 2. The molecule has 0 aliphatic heterocycles. The molecule has 0 N–H and O–H groups in total. The fraction of sp³-hybridized carbons (Fsp3) is 0.421. The lowest BCUT2D eigenvalue weighted by atomic mass is 9.89. The Morgan fingerprint density at radius 2 is 2.04 bits per heavy atom. The van der Waals surface area contributed by atoms with Gasteiger partial charge in [-0.3, -0.25) is 14.5 Å². The van der Waals surface area contributed by atoms with Crippen LogP contribution < -0.4 is 10.5 Å². The van der Waals surface area contributed by atoms with Gasteiger partial charge in [0.25, 0.3) is 11.5 Å². The van der Waals surface area contributed by atoms with Crippen molar-refractivity contribution >= 4 is 11.7 Å². The number of rotatable bonds is 4. The van der Waals surface area contributed by atoms with Gasteiger partial charge in [0.05, 0.1) is 0 Å². The summed E-state index contributed by atoms with van der Waals surface area (Å²) in [6, 6.07) is 8.67. The molecule has 24 heavy (non-hydrogen) atoms. The maximum Gasteiger partial charge on any atom is 0.259 e. The smallest absolute Gasteiger partial charge is 0.259 e. The summed E-state index contributed by atoms with van der Waals surface area (Å²) in [5.41, 5.74) is 0.235. The van der Waals surface area contributed by atoms with Crippen molar-refractivity contribution < 1.29 is 4.79 Å². The number of hydrogen-bond acceptors (Lipinski definition) is 3. The molecule has 126 valence electrons. The Labute approximate surface area is 141 Å². The van der Waals surface area contributed by atoms with E-state index in [0.29, 0.717) is 23.8 Å². The van der Waals surface area contributed by atoms with Gasteiger partial charge in [-0.2, -0.15) is 0 Å². The number of carbonyl (C=O) groups excluding carboxylic acids is 1. The van der Waals surface area contributed by atoms with Gasteiger partial charge in [0.15, 0.2) is 0 Å². The summed E-state index contributed by atoms with van der Waals surface area (Å²) in [6.07, 6.45) is 9.35. The summed E-state index contributed by atoms with van der Waals surface area (Å²) in [4.78, 5) is 31.0. The molecule has 0 atom stereocenters. The molecular formula is C19H23N3O2. The highest BCUT2D eigenvalue weighted by molar-refractivity contribution is 6.05. The zero-order valence-corrected chi connectivity index (χ0v) is 14.0. The van der Waals surface area contributed by atoms with Crippen LogP contribution in [0.15, 0.2) is 47.5 Å². The van der Waals surface area contributed by atoms with E-state index in [0.717, 1.165) is 12.8 Å².